The van der Waals surface area contributed by atoms with Crippen molar-refractivity contribution in [1.29, 1.82) is 0 Å². The third-order valence-corrected chi connectivity index (χ3v) is 18.3. The van der Waals surface area contributed by atoms with Gasteiger partial charge in [0.15, 0.2) is 0 Å². The van der Waals surface area contributed by atoms with Gasteiger partial charge in [0.25, 0.3) is 0 Å². The zero-order valence-electron chi connectivity index (χ0n) is 46.4. The lowest BCUT2D eigenvalue weighted by atomic mass is 9.84. The molecule has 84 heavy (non-hydrogen) atoms. The Labute approximate surface area is 488 Å². The van der Waals surface area contributed by atoms with Crippen molar-refractivity contribution in [3.05, 3.63) is 308 Å². The molecule has 0 N–H and O–H groups in total. The van der Waals surface area contributed by atoms with Gasteiger partial charge in [0.2, 0.25) is 0 Å². The Bertz CT molecular complexity index is 5250. The Balaban J connectivity index is 0.971. The first-order valence-corrected chi connectivity index (χ1v) is 29.6. The topological polar surface area (TPSA) is 6.48 Å². The summed E-state index contributed by atoms with van der Waals surface area (Å²) in [5, 5.41) is 22.1. The highest BCUT2D eigenvalue weighted by molar-refractivity contribution is 6.24. The molecule has 0 aromatic heterocycles. The van der Waals surface area contributed by atoms with Gasteiger partial charge in [0.1, 0.15) is 0 Å². The molecule has 2 nitrogen and oxygen atoms in total. The van der Waals surface area contributed by atoms with E-state index in [0.29, 0.717) is 0 Å². The Morgan fingerprint density at radius 3 is 1.24 bits per heavy atom. The fraction of sp³-hybridized carbons (Fsp3) is 0.0488. The smallest absolute Gasteiger partial charge is 0.0562 e. The van der Waals surface area contributed by atoms with E-state index in [1.54, 1.807) is 0 Å². The second kappa shape index (κ2) is 19.6. The number of hydrogen-bond donors (Lipinski definition) is 0. The van der Waals surface area contributed by atoms with E-state index in [0.717, 1.165) is 36.3 Å². The predicted molar refractivity (Wildman–Crippen MR) is 361 cm³/mol. The quantitative estimate of drug-likeness (QED) is 0.111. The average molecular weight is 1070 g/mol. The van der Waals surface area contributed by atoms with Gasteiger partial charge >= 0.3 is 0 Å². The zero-order chi connectivity index (χ0) is 55.2. The first kappa shape index (κ1) is 48.2. The Kier molecular flexibility index (Phi) is 11.2. The molecule has 2 heteroatoms. The van der Waals surface area contributed by atoms with Crippen molar-refractivity contribution >= 4 is 125 Å². The Hall–Kier alpha value is -10.5. The molecule has 1 atom stereocenters. The van der Waals surface area contributed by atoms with E-state index in [1.807, 2.05) is 0 Å². The third kappa shape index (κ3) is 8.09. The van der Waals surface area contributed by atoms with Crippen molar-refractivity contribution < 1.29 is 0 Å². The number of allylic oxidation sites excluding steroid dienone is 4. The zero-order valence-corrected chi connectivity index (χ0v) is 46.4. The molecule has 394 valence electrons. The molecular weight excluding hydrogens is 1010 g/mol. The SMILES string of the molecule is C1=CC2=C(CC1)CC(N(c1ccc3ccccc3c1)c1ccc3c(-c4ccc5c(ccc6ccccc65)c4)c4cc(N(c5ccc6ccccc6c5)c5ccc6ccccc6c5)ccc4c(-c4ccc5c(ccc6ccccc65)c4)c3c1)C=C2. The standard InChI is InChI=1S/C82H56N2/c1-5-19-59-47-67(35-29-53(59)13-1)83(68-36-30-54-14-2-6-20-60(54)48-68)71-39-43-77-79(51-71)81(65-33-41-75-63(45-65)27-25-57-17-9-11-23-73(57)75)78-44-40-72(52-80(78)82(77)66-34-42-76-64(46-66)28-26-58-18-10-12-24-74(58)76)84(69-37-31-55-15-3-7-21-61(55)49-69)70-38-32-56-16-4-8-22-62(56)50-70/h1-7,9-21,23-49,51-52,70H,8,22,50H2. The van der Waals surface area contributed by atoms with Gasteiger partial charge in [-0.05, 0) is 217 Å². The molecule has 15 aromatic carbocycles. The summed E-state index contributed by atoms with van der Waals surface area (Å²) >= 11 is 0. The van der Waals surface area contributed by atoms with Crippen molar-refractivity contribution in [1.82, 2.24) is 0 Å². The minimum absolute atomic E-state index is 0.111. The van der Waals surface area contributed by atoms with E-state index < -0.39 is 0 Å². The maximum atomic E-state index is 2.62. The summed E-state index contributed by atoms with van der Waals surface area (Å²) in [4.78, 5) is 5.09. The molecule has 0 radical (unpaired) electrons. The molecule has 0 heterocycles. The van der Waals surface area contributed by atoms with Crippen LogP contribution >= 0.6 is 0 Å². The first-order chi connectivity index (χ1) is 41.6. The molecule has 0 saturated heterocycles. The second-order valence-corrected chi connectivity index (χ2v) is 23.1. The van der Waals surface area contributed by atoms with Crippen molar-refractivity contribution in [3.8, 4) is 22.3 Å². The van der Waals surface area contributed by atoms with Crippen molar-refractivity contribution in [2.24, 2.45) is 0 Å². The van der Waals surface area contributed by atoms with E-state index in [9.17, 15) is 0 Å². The van der Waals surface area contributed by atoms with Gasteiger partial charge in [-0.25, -0.2) is 0 Å². The second-order valence-electron chi connectivity index (χ2n) is 23.1. The van der Waals surface area contributed by atoms with Gasteiger partial charge in [-0.2, -0.15) is 0 Å². The van der Waals surface area contributed by atoms with Crippen LogP contribution in [0.15, 0.2) is 308 Å². The Morgan fingerprint density at radius 1 is 0.286 bits per heavy atom. The van der Waals surface area contributed by atoms with Crippen LogP contribution in [0, 0.1) is 0 Å². The van der Waals surface area contributed by atoms with Crippen LogP contribution in [0.2, 0.25) is 0 Å². The molecule has 2 aliphatic rings. The molecule has 15 aromatic rings. The summed E-state index contributed by atoms with van der Waals surface area (Å²) in [6.07, 6.45) is 12.6. The van der Waals surface area contributed by atoms with Crippen LogP contribution in [0.3, 0.4) is 0 Å². The first-order valence-electron chi connectivity index (χ1n) is 29.6. The van der Waals surface area contributed by atoms with Gasteiger partial charge < -0.3 is 9.80 Å². The molecule has 17 rings (SSSR count). The summed E-state index contributed by atoms with van der Waals surface area (Å²) in [6, 6.07) is 103. The molecule has 1 unspecified atom stereocenters. The fourth-order valence-corrected chi connectivity index (χ4v) is 14.2. The number of fused-ring (bicyclic) bond motifs is 11. The summed E-state index contributed by atoms with van der Waals surface area (Å²) in [7, 11) is 0. The monoisotopic (exact) mass is 1070 g/mol. The minimum Gasteiger partial charge on any atom is -0.334 e. The highest BCUT2D eigenvalue weighted by atomic mass is 15.2. The Morgan fingerprint density at radius 2 is 0.679 bits per heavy atom. The maximum Gasteiger partial charge on any atom is 0.0562 e. The molecule has 0 saturated carbocycles. The lowest BCUT2D eigenvalue weighted by Gasteiger charge is -2.36. The number of anilines is 5. The molecule has 0 fully saturated rings. The van der Waals surface area contributed by atoms with Gasteiger partial charge in [0.05, 0.1) is 6.04 Å². The van der Waals surface area contributed by atoms with Crippen molar-refractivity contribution in [3.63, 3.8) is 0 Å². The molecule has 0 bridgehead atoms. The van der Waals surface area contributed by atoms with E-state index in [-0.39, 0.29) is 6.04 Å². The van der Waals surface area contributed by atoms with Gasteiger partial charge in [0, 0.05) is 28.4 Å². The number of rotatable bonds is 8. The lowest BCUT2D eigenvalue weighted by molar-refractivity contribution is 0.716. The van der Waals surface area contributed by atoms with Crippen LogP contribution in [0.1, 0.15) is 19.3 Å². The third-order valence-electron chi connectivity index (χ3n) is 18.3. The highest BCUT2D eigenvalue weighted by Gasteiger charge is 2.27. The van der Waals surface area contributed by atoms with Crippen LogP contribution in [0.4, 0.5) is 28.4 Å². The van der Waals surface area contributed by atoms with Crippen LogP contribution in [-0.2, 0) is 0 Å². The summed E-state index contributed by atoms with van der Waals surface area (Å²) in [5.41, 5.74) is 13.4. The molecule has 0 amide bonds. The van der Waals surface area contributed by atoms with Crippen LogP contribution in [0.25, 0.3) is 119 Å². The highest BCUT2D eigenvalue weighted by Crippen LogP contribution is 2.50. The summed E-state index contributed by atoms with van der Waals surface area (Å²) in [6.45, 7) is 0. The van der Waals surface area contributed by atoms with E-state index in [1.165, 1.54) is 142 Å². The fourth-order valence-electron chi connectivity index (χ4n) is 14.2. The van der Waals surface area contributed by atoms with Crippen molar-refractivity contribution in [2.45, 2.75) is 25.3 Å². The van der Waals surface area contributed by atoms with Gasteiger partial charge in [-0.3, -0.25) is 0 Å². The molecule has 0 aliphatic heterocycles. The minimum atomic E-state index is 0.111. The van der Waals surface area contributed by atoms with Gasteiger partial charge in [-0.1, -0.05) is 230 Å². The number of benzene rings is 15. The molecular formula is C82H56N2. The maximum absolute atomic E-state index is 2.62. The van der Waals surface area contributed by atoms with Gasteiger partial charge in [-0.15, -0.1) is 0 Å². The molecule has 0 spiro atoms. The van der Waals surface area contributed by atoms with Crippen molar-refractivity contribution in [2.75, 3.05) is 9.80 Å². The van der Waals surface area contributed by atoms with Crippen LogP contribution in [-0.4, -0.2) is 6.04 Å². The van der Waals surface area contributed by atoms with E-state index in [4.69, 9.17) is 0 Å². The van der Waals surface area contributed by atoms with E-state index in [2.05, 4.69) is 307 Å². The largest absolute Gasteiger partial charge is 0.334 e. The predicted octanol–water partition coefficient (Wildman–Crippen LogP) is 23.0. The summed E-state index contributed by atoms with van der Waals surface area (Å²) < 4.78 is 0. The normalized spacial score (nSPS) is 14.3. The summed E-state index contributed by atoms with van der Waals surface area (Å²) in [5.74, 6) is 0. The van der Waals surface area contributed by atoms with Crippen LogP contribution < -0.4 is 9.80 Å². The lowest BCUT2D eigenvalue weighted by Crippen LogP contribution is -2.31. The number of nitrogens with zero attached hydrogens (tertiary/aromatic N) is 2. The molecule has 2 aliphatic carbocycles. The van der Waals surface area contributed by atoms with Crippen LogP contribution in [0.5, 0.6) is 0 Å². The van der Waals surface area contributed by atoms with E-state index >= 15 is 0 Å². The average Bonchev–Trinajstić information content (AvgIpc) is 1.05. The number of hydrogen-bond acceptors (Lipinski definition) is 2.